The highest BCUT2D eigenvalue weighted by Crippen LogP contribution is 2.12. The molecular formula is C22H26FN3O7S. The second kappa shape index (κ2) is 11.7. The molecule has 2 aromatic rings. The van der Waals surface area contributed by atoms with Crippen LogP contribution < -0.4 is 10.0 Å². The lowest BCUT2D eigenvalue weighted by Crippen LogP contribution is -2.49. The molecule has 0 radical (unpaired) electrons. The van der Waals surface area contributed by atoms with Gasteiger partial charge in [-0.15, -0.1) is 0 Å². The van der Waals surface area contributed by atoms with E-state index in [9.17, 15) is 32.3 Å². The Kier molecular flexibility index (Phi) is 9.24. The predicted octanol–water partition coefficient (Wildman–Crippen LogP) is 0.802. The Hall–Kier alpha value is -3.35. The lowest BCUT2D eigenvalue weighted by molar-refractivity contribution is -0.155. The molecule has 0 aromatic heterocycles. The molecule has 34 heavy (non-hydrogen) atoms. The lowest BCUT2D eigenvalue weighted by atomic mass is 10.2. The van der Waals surface area contributed by atoms with Crippen molar-refractivity contribution in [2.75, 3.05) is 25.5 Å². The average Bonchev–Trinajstić information content (AvgIpc) is 2.77. The molecule has 184 valence electrons. The number of carbonyl (C=O) groups excluding carboxylic acids is 3. The molecule has 0 spiro atoms. The standard InChI is InChI=1S/C22H26FN3O7S/c1-14-4-10-18(11-5-14)34(31,32)25-21(15(2)27)22(30)33-13-20(29)26(3)12-19(28)24-17-8-6-16(23)7-9-17/h4-11,15,21,25,27H,12-13H2,1-3H3,(H,24,28). The third kappa shape index (κ3) is 7.90. The van der Waals surface area contributed by atoms with Crippen molar-refractivity contribution in [3.63, 3.8) is 0 Å². The number of anilines is 1. The van der Waals surface area contributed by atoms with Gasteiger partial charge >= 0.3 is 5.97 Å². The van der Waals surface area contributed by atoms with Gasteiger partial charge in [0.1, 0.15) is 11.9 Å². The Balaban J connectivity index is 1.91. The number of aliphatic hydroxyl groups excluding tert-OH is 1. The molecule has 2 aromatic carbocycles. The van der Waals surface area contributed by atoms with Crippen LogP contribution in [-0.4, -0.2) is 68.6 Å². The van der Waals surface area contributed by atoms with Crippen LogP contribution in [0.25, 0.3) is 0 Å². The Morgan fingerprint density at radius 2 is 1.68 bits per heavy atom. The summed E-state index contributed by atoms with van der Waals surface area (Å²) in [6.45, 7) is 1.81. The molecule has 0 saturated heterocycles. The van der Waals surface area contributed by atoms with E-state index in [-0.39, 0.29) is 11.4 Å². The van der Waals surface area contributed by atoms with Crippen LogP contribution in [0, 0.1) is 12.7 Å². The van der Waals surface area contributed by atoms with Crippen molar-refractivity contribution >= 4 is 33.5 Å². The molecule has 0 aliphatic heterocycles. The number of halogens is 1. The maximum absolute atomic E-state index is 12.9. The number of nitrogens with zero attached hydrogens (tertiary/aromatic N) is 1. The summed E-state index contributed by atoms with van der Waals surface area (Å²) < 4.78 is 44.9. The molecule has 3 N–H and O–H groups in total. The fraction of sp³-hybridized carbons (Fsp3) is 0.318. The van der Waals surface area contributed by atoms with Crippen molar-refractivity contribution < 1.29 is 37.0 Å². The molecule has 0 bridgehead atoms. The van der Waals surface area contributed by atoms with Crippen molar-refractivity contribution in [3.05, 3.63) is 59.9 Å². The maximum atomic E-state index is 12.9. The monoisotopic (exact) mass is 495 g/mol. The van der Waals surface area contributed by atoms with Gasteiger partial charge in [-0.05, 0) is 50.2 Å². The van der Waals surface area contributed by atoms with Crippen molar-refractivity contribution in [2.24, 2.45) is 0 Å². The summed E-state index contributed by atoms with van der Waals surface area (Å²) in [7, 11) is -2.85. The maximum Gasteiger partial charge on any atom is 0.327 e. The van der Waals surface area contributed by atoms with E-state index in [2.05, 4.69) is 10.0 Å². The van der Waals surface area contributed by atoms with Crippen molar-refractivity contribution in [3.8, 4) is 0 Å². The van der Waals surface area contributed by atoms with Crippen LogP contribution >= 0.6 is 0 Å². The van der Waals surface area contributed by atoms with Crippen LogP contribution in [0.4, 0.5) is 10.1 Å². The summed E-state index contributed by atoms with van der Waals surface area (Å²) >= 11 is 0. The molecule has 2 rings (SSSR count). The van der Waals surface area contributed by atoms with Gasteiger partial charge in [0.15, 0.2) is 6.61 Å². The number of aryl methyl sites for hydroxylation is 1. The van der Waals surface area contributed by atoms with Gasteiger partial charge in [0.05, 0.1) is 17.5 Å². The number of carbonyl (C=O) groups is 3. The van der Waals surface area contributed by atoms with Crippen molar-refractivity contribution in [2.45, 2.75) is 30.9 Å². The van der Waals surface area contributed by atoms with E-state index in [0.717, 1.165) is 22.6 Å². The Labute approximate surface area is 196 Å². The number of esters is 1. The fourth-order valence-electron chi connectivity index (χ4n) is 2.67. The van der Waals surface area contributed by atoms with Gasteiger partial charge < -0.3 is 20.1 Å². The van der Waals surface area contributed by atoms with Crippen LogP contribution in [0.15, 0.2) is 53.4 Å². The molecular weight excluding hydrogens is 469 g/mol. The van der Waals surface area contributed by atoms with Gasteiger partial charge in [-0.2, -0.15) is 4.72 Å². The second-order valence-electron chi connectivity index (χ2n) is 7.57. The topological polar surface area (TPSA) is 142 Å². The molecule has 0 saturated carbocycles. The SMILES string of the molecule is Cc1ccc(S(=O)(=O)NC(C(=O)OCC(=O)N(C)CC(=O)Nc2ccc(F)cc2)C(C)O)cc1. The Bertz CT molecular complexity index is 1120. The number of sulfonamides is 1. The van der Waals surface area contributed by atoms with Crippen molar-refractivity contribution in [1.82, 2.24) is 9.62 Å². The van der Waals surface area contributed by atoms with E-state index in [1.807, 2.05) is 0 Å². The molecule has 2 unspecified atom stereocenters. The minimum Gasteiger partial charge on any atom is -0.454 e. The predicted molar refractivity (Wildman–Crippen MR) is 121 cm³/mol. The molecule has 0 aliphatic rings. The number of nitrogens with one attached hydrogen (secondary N) is 2. The molecule has 0 fully saturated rings. The second-order valence-corrected chi connectivity index (χ2v) is 9.28. The van der Waals surface area contributed by atoms with E-state index in [0.29, 0.717) is 5.69 Å². The molecule has 2 amide bonds. The zero-order chi connectivity index (χ0) is 25.5. The van der Waals surface area contributed by atoms with Crippen LogP contribution in [0.2, 0.25) is 0 Å². The first-order valence-corrected chi connectivity index (χ1v) is 11.6. The fourth-order valence-corrected chi connectivity index (χ4v) is 3.92. The number of likely N-dealkylation sites (N-methyl/N-ethyl adjacent to an activating group) is 1. The first-order chi connectivity index (χ1) is 15.9. The van der Waals surface area contributed by atoms with Gasteiger partial charge in [-0.1, -0.05) is 17.7 Å². The summed E-state index contributed by atoms with van der Waals surface area (Å²) in [5.74, 6) is -2.94. The average molecular weight is 496 g/mol. The Morgan fingerprint density at radius 3 is 2.24 bits per heavy atom. The van der Waals surface area contributed by atoms with Gasteiger partial charge in [0.25, 0.3) is 5.91 Å². The number of rotatable bonds is 10. The van der Waals surface area contributed by atoms with Gasteiger partial charge in [-0.3, -0.25) is 14.4 Å². The van der Waals surface area contributed by atoms with Crippen LogP contribution in [-0.2, 0) is 29.1 Å². The molecule has 12 heteroatoms. The summed E-state index contributed by atoms with van der Waals surface area (Å²) in [4.78, 5) is 37.5. The smallest absolute Gasteiger partial charge is 0.327 e. The number of hydrogen-bond acceptors (Lipinski definition) is 7. The molecule has 2 atom stereocenters. The molecule has 0 aliphatic carbocycles. The highest BCUT2D eigenvalue weighted by molar-refractivity contribution is 7.89. The first kappa shape index (κ1) is 26.9. The van der Waals surface area contributed by atoms with E-state index >= 15 is 0 Å². The summed E-state index contributed by atoms with van der Waals surface area (Å²) in [6.07, 6.45) is -1.46. The number of amides is 2. The number of aliphatic hydroxyl groups is 1. The van der Waals surface area contributed by atoms with Crippen LogP contribution in [0.5, 0.6) is 0 Å². The largest absolute Gasteiger partial charge is 0.454 e. The first-order valence-electron chi connectivity index (χ1n) is 10.1. The highest BCUT2D eigenvalue weighted by Gasteiger charge is 2.31. The van der Waals surface area contributed by atoms with E-state index in [1.165, 1.54) is 38.2 Å². The van der Waals surface area contributed by atoms with E-state index in [1.54, 1.807) is 19.1 Å². The molecule has 0 heterocycles. The van der Waals surface area contributed by atoms with Crippen molar-refractivity contribution in [1.29, 1.82) is 0 Å². The molecule has 10 nitrogen and oxygen atoms in total. The van der Waals surface area contributed by atoms with Gasteiger partial charge in [0.2, 0.25) is 15.9 Å². The summed E-state index contributed by atoms with van der Waals surface area (Å²) in [5, 5.41) is 12.4. The van der Waals surface area contributed by atoms with E-state index < -0.39 is 52.4 Å². The Morgan fingerprint density at radius 1 is 1.09 bits per heavy atom. The van der Waals surface area contributed by atoms with Gasteiger partial charge in [0, 0.05) is 12.7 Å². The zero-order valence-corrected chi connectivity index (χ0v) is 19.6. The third-order valence-electron chi connectivity index (χ3n) is 4.62. The third-order valence-corrected chi connectivity index (χ3v) is 6.08. The zero-order valence-electron chi connectivity index (χ0n) is 18.8. The van der Waals surface area contributed by atoms with Crippen LogP contribution in [0.3, 0.4) is 0 Å². The number of benzene rings is 2. The lowest BCUT2D eigenvalue weighted by Gasteiger charge is -2.21. The normalized spacial score (nSPS) is 13.0. The van der Waals surface area contributed by atoms with E-state index in [4.69, 9.17) is 4.74 Å². The van der Waals surface area contributed by atoms with Crippen LogP contribution in [0.1, 0.15) is 12.5 Å². The number of ether oxygens (including phenoxy) is 1. The summed E-state index contributed by atoms with van der Waals surface area (Å²) in [5.41, 5.74) is 1.17. The van der Waals surface area contributed by atoms with Gasteiger partial charge in [-0.25, -0.2) is 12.8 Å². The quantitative estimate of drug-likeness (QED) is 0.414. The highest BCUT2D eigenvalue weighted by atomic mass is 32.2. The minimum atomic E-state index is -4.15. The summed E-state index contributed by atoms with van der Waals surface area (Å²) in [6, 6.07) is 9.21. The number of hydrogen-bond donors (Lipinski definition) is 3. The minimum absolute atomic E-state index is 0.112.